The van der Waals surface area contributed by atoms with Crippen LogP contribution in [-0.2, 0) is 6.42 Å². The van der Waals surface area contributed by atoms with E-state index in [1.54, 1.807) is 0 Å². The molecule has 1 aliphatic rings. The van der Waals surface area contributed by atoms with E-state index in [9.17, 15) is 0 Å². The summed E-state index contributed by atoms with van der Waals surface area (Å²) in [4.78, 5) is 0. The van der Waals surface area contributed by atoms with Crippen molar-refractivity contribution in [3.8, 4) is 5.75 Å². The van der Waals surface area contributed by atoms with Gasteiger partial charge in [-0.25, -0.2) is 0 Å². The molecule has 1 aromatic rings. The van der Waals surface area contributed by atoms with Crippen LogP contribution in [0.15, 0.2) is 24.3 Å². The quantitative estimate of drug-likeness (QED) is 0.760. The van der Waals surface area contributed by atoms with Crippen molar-refractivity contribution in [3.05, 3.63) is 29.8 Å². The molecular weight excluding hydrogens is 222 g/mol. The lowest BCUT2D eigenvalue weighted by molar-refractivity contribution is 0.312. The molecule has 0 aromatic heterocycles. The van der Waals surface area contributed by atoms with Crippen LogP contribution in [0.4, 0.5) is 0 Å². The van der Waals surface area contributed by atoms with E-state index in [4.69, 9.17) is 4.74 Å². The second-order valence-electron chi connectivity index (χ2n) is 5.45. The normalized spacial score (nSPS) is 16.6. The van der Waals surface area contributed by atoms with Crippen molar-refractivity contribution in [2.75, 3.05) is 13.2 Å². The number of hydrogen-bond donors (Lipinski definition) is 1. The first-order valence-electron chi connectivity index (χ1n) is 7.23. The van der Waals surface area contributed by atoms with Crippen LogP contribution >= 0.6 is 0 Å². The Hall–Kier alpha value is -1.02. The maximum Gasteiger partial charge on any atom is 0.122 e. The summed E-state index contributed by atoms with van der Waals surface area (Å²) in [7, 11) is 0. The molecule has 0 aliphatic heterocycles. The van der Waals surface area contributed by atoms with E-state index < -0.39 is 0 Å². The Kier molecular flexibility index (Phi) is 5.06. The first-order valence-corrected chi connectivity index (χ1v) is 7.23. The van der Waals surface area contributed by atoms with Gasteiger partial charge in [-0.2, -0.15) is 0 Å². The lowest BCUT2D eigenvalue weighted by Gasteiger charge is -2.15. The lowest BCUT2D eigenvalue weighted by Crippen LogP contribution is -2.24. The van der Waals surface area contributed by atoms with Crippen LogP contribution in [0.1, 0.15) is 38.7 Å². The number of benzene rings is 1. The molecule has 0 spiro atoms. The highest BCUT2D eigenvalue weighted by Gasteiger charge is 2.21. The Bertz CT molecular complexity index is 360. The van der Waals surface area contributed by atoms with Gasteiger partial charge in [0.2, 0.25) is 0 Å². The van der Waals surface area contributed by atoms with Crippen LogP contribution in [0.25, 0.3) is 0 Å². The number of hydrogen-bond acceptors (Lipinski definition) is 2. The highest BCUT2D eigenvalue weighted by molar-refractivity contribution is 5.33. The molecule has 0 amide bonds. The second-order valence-corrected chi connectivity index (χ2v) is 5.45. The first kappa shape index (κ1) is 13.4. The predicted octanol–water partition coefficient (Wildman–Crippen LogP) is 3.41. The predicted molar refractivity (Wildman–Crippen MR) is 76.1 cm³/mol. The van der Waals surface area contributed by atoms with E-state index in [0.717, 1.165) is 37.8 Å². The molecule has 2 nitrogen and oxygen atoms in total. The van der Waals surface area contributed by atoms with Crippen LogP contribution in [0.5, 0.6) is 5.75 Å². The van der Waals surface area contributed by atoms with Crippen molar-refractivity contribution >= 4 is 0 Å². The molecule has 1 aromatic carbocycles. The highest BCUT2D eigenvalue weighted by atomic mass is 16.5. The fourth-order valence-electron chi connectivity index (χ4n) is 2.13. The van der Waals surface area contributed by atoms with Gasteiger partial charge in [-0.1, -0.05) is 32.0 Å². The average molecular weight is 247 g/mol. The van der Waals surface area contributed by atoms with Gasteiger partial charge in [0, 0.05) is 6.04 Å². The van der Waals surface area contributed by atoms with Crippen LogP contribution in [-0.4, -0.2) is 19.2 Å². The third-order valence-corrected chi connectivity index (χ3v) is 3.34. The Morgan fingerprint density at radius 3 is 2.83 bits per heavy atom. The summed E-state index contributed by atoms with van der Waals surface area (Å²) in [5, 5.41) is 3.60. The van der Waals surface area contributed by atoms with Crippen molar-refractivity contribution in [3.63, 3.8) is 0 Å². The molecule has 0 radical (unpaired) electrons. The zero-order valence-electron chi connectivity index (χ0n) is 11.6. The number of para-hydroxylation sites is 1. The monoisotopic (exact) mass is 247 g/mol. The third kappa shape index (κ3) is 4.34. The van der Waals surface area contributed by atoms with Gasteiger partial charge >= 0.3 is 0 Å². The summed E-state index contributed by atoms with van der Waals surface area (Å²) >= 11 is 0. The summed E-state index contributed by atoms with van der Waals surface area (Å²) < 4.78 is 5.80. The van der Waals surface area contributed by atoms with Crippen molar-refractivity contribution in [2.24, 2.45) is 5.92 Å². The van der Waals surface area contributed by atoms with Crippen LogP contribution in [0, 0.1) is 5.92 Å². The molecule has 0 heterocycles. The van der Waals surface area contributed by atoms with E-state index in [1.165, 1.54) is 18.4 Å². The van der Waals surface area contributed by atoms with Gasteiger partial charge in [0.25, 0.3) is 0 Å². The molecule has 1 N–H and O–H groups in total. The van der Waals surface area contributed by atoms with Gasteiger partial charge in [-0.15, -0.1) is 0 Å². The molecule has 0 bridgehead atoms. The van der Waals surface area contributed by atoms with Crippen LogP contribution < -0.4 is 10.1 Å². The molecule has 2 heteroatoms. The molecule has 1 aliphatic carbocycles. The van der Waals surface area contributed by atoms with Gasteiger partial charge in [0.1, 0.15) is 5.75 Å². The van der Waals surface area contributed by atoms with Crippen molar-refractivity contribution in [1.29, 1.82) is 0 Å². The Morgan fingerprint density at radius 1 is 1.33 bits per heavy atom. The summed E-state index contributed by atoms with van der Waals surface area (Å²) in [6.45, 7) is 6.38. The molecule has 0 saturated heterocycles. The van der Waals surface area contributed by atoms with Gasteiger partial charge in [-0.05, 0) is 49.8 Å². The number of ether oxygens (including phenoxy) is 1. The van der Waals surface area contributed by atoms with Gasteiger partial charge in [-0.3, -0.25) is 0 Å². The second kappa shape index (κ2) is 6.79. The molecule has 1 unspecified atom stereocenters. The Labute approximate surface area is 111 Å². The highest BCUT2D eigenvalue weighted by Crippen LogP contribution is 2.23. The largest absolute Gasteiger partial charge is 0.493 e. The number of nitrogens with one attached hydrogen (secondary N) is 1. The fourth-order valence-corrected chi connectivity index (χ4v) is 2.13. The summed E-state index contributed by atoms with van der Waals surface area (Å²) in [6, 6.07) is 9.25. The smallest absolute Gasteiger partial charge is 0.122 e. The zero-order chi connectivity index (χ0) is 12.8. The van der Waals surface area contributed by atoms with Gasteiger partial charge in [0.15, 0.2) is 0 Å². The molecule has 1 fully saturated rings. The minimum atomic E-state index is 0.664. The van der Waals surface area contributed by atoms with Crippen molar-refractivity contribution < 1.29 is 4.74 Å². The van der Waals surface area contributed by atoms with Crippen molar-refractivity contribution in [2.45, 2.75) is 45.6 Å². The van der Waals surface area contributed by atoms with Crippen LogP contribution in [0.3, 0.4) is 0 Å². The Balaban J connectivity index is 1.85. The average Bonchev–Trinajstić information content (AvgIpc) is 3.19. The maximum absolute atomic E-state index is 5.80. The third-order valence-electron chi connectivity index (χ3n) is 3.34. The number of rotatable bonds is 8. The zero-order valence-corrected chi connectivity index (χ0v) is 11.6. The SMILES string of the molecule is CCCOc1ccccc1CC(C)CNC1CC1. The van der Waals surface area contributed by atoms with E-state index in [1.807, 2.05) is 0 Å². The molecular formula is C16H25NO. The van der Waals surface area contributed by atoms with Crippen molar-refractivity contribution in [1.82, 2.24) is 5.32 Å². The summed E-state index contributed by atoms with van der Waals surface area (Å²) in [6.07, 6.45) is 4.89. The minimum Gasteiger partial charge on any atom is -0.493 e. The topological polar surface area (TPSA) is 21.3 Å². The maximum atomic E-state index is 5.80. The minimum absolute atomic E-state index is 0.664. The summed E-state index contributed by atoms with van der Waals surface area (Å²) in [5.74, 6) is 1.73. The standard InChI is InChI=1S/C16H25NO/c1-3-10-18-16-7-5-4-6-14(16)11-13(2)12-17-15-8-9-15/h4-7,13,15,17H,3,8-12H2,1-2H3. The fraction of sp³-hybridized carbons (Fsp3) is 0.625. The molecule has 2 rings (SSSR count). The van der Waals surface area contributed by atoms with E-state index in [0.29, 0.717) is 5.92 Å². The lowest BCUT2D eigenvalue weighted by atomic mass is 10.0. The Morgan fingerprint density at radius 2 is 2.11 bits per heavy atom. The molecule has 100 valence electrons. The first-order chi connectivity index (χ1) is 8.79. The van der Waals surface area contributed by atoms with Gasteiger partial charge in [0.05, 0.1) is 6.61 Å². The van der Waals surface area contributed by atoms with E-state index in [2.05, 4.69) is 43.4 Å². The van der Waals surface area contributed by atoms with Gasteiger partial charge < -0.3 is 10.1 Å². The van der Waals surface area contributed by atoms with Crippen LogP contribution in [0.2, 0.25) is 0 Å². The molecule has 1 atom stereocenters. The molecule has 18 heavy (non-hydrogen) atoms. The van der Waals surface area contributed by atoms with E-state index >= 15 is 0 Å². The summed E-state index contributed by atoms with van der Waals surface area (Å²) in [5.41, 5.74) is 1.34. The van der Waals surface area contributed by atoms with E-state index in [-0.39, 0.29) is 0 Å². The molecule has 1 saturated carbocycles.